The van der Waals surface area contributed by atoms with Gasteiger partial charge in [0.25, 0.3) is 0 Å². The molecule has 34 heavy (non-hydrogen) atoms. The number of carbonyl (C=O) groups is 1. The van der Waals surface area contributed by atoms with Crippen molar-refractivity contribution in [2.24, 2.45) is 0 Å². The zero-order valence-corrected chi connectivity index (χ0v) is 19.8. The number of rotatable bonds is 9. The van der Waals surface area contributed by atoms with Gasteiger partial charge in [0.1, 0.15) is 0 Å². The Kier molecular flexibility index (Phi) is 6.59. The summed E-state index contributed by atoms with van der Waals surface area (Å²) in [6.07, 6.45) is 5.82. The van der Waals surface area contributed by atoms with Crippen molar-refractivity contribution in [3.63, 3.8) is 0 Å². The highest BCUT2D eigenvalue weighted by Crippen LogP contribution is 2.31. The summed E-state index contributed by atoms with van der Waals surface area (Å²) in [5.74, 6) is -0.758. The SMILES string of the molecule is O=C(O)CCc1ccc2c(c1)c(CCc1ccccc1)cn2-c1cc(Cc2ccccc2)cs1. The number of aliphatic carboxylic acids is 1. The summed E-state index contributed by atoms with van der Waals surface area (Å²) in [5.41, 5.74) is 7.51. The van der Waals surface area contributed by atoms with Gasteiger partial charge in [-0.15, -0.1) is 11.3 Å². The molecule has 0 aliphatic heterocycles. The summed E-state index contributed by atoms with van der Waals surface area (Å²) in [6, 6.07) is 29.8. The van der Waals surface area contributed by atoms with Gasteiger partial charge in [0.15, 0.2) is 0 Å². The average Bonchev–Trinajstić information content (AvgIpc) is 3.47. The topological polar surface area (TPSA) is 42.2 Å². The molecule has 2 aromatic heterocycles. The molecular formula is C30H27NO2S. The predicted molar refractivity (Wildman–Crippen MR) is 140 cm³/mol. The number of thiophene rings is 1. The summed E-state index contributed by atoms with van der Waals surface area (Å²) in [5, 5.41) is 13.8. The van der Waals surface area contributed by atoms with E-state index in [1.807, 2.05) is 6.07 Å². The molecule has 0 saturated carbocycles. The fraction of sp³-hybridized carbons (Fsp3) is 0.167. The number of carboxylic acids is 1. The van der Waals surface area contributed by atoms with E-state index >= 15 is 0 Å². The van der Waals surface area contributed by atoms with Gasteiger partial charge in [-0.05, 0) is 77.1 Å². The Morgan fingerprint density at radius 2 is 1.50 bits per heavy atom. The number of hydrogen-bond donors (Lipinski definition) is 1. The third-order valence-corrected chi connectivity index (χ3v) is 7.21. The van der Waals surface area contributed by atoms with E-state index in [4.69, 9.17) is 5.11 Å². The summed E-state index contributed by atoms with van der Waals surface area (Å²) >= 11 is 1.77. The van der Waals surface area contributed by atoms with Crippen LogP contribution >= 0.6 is 11.3 Å². The first-order chi connectivity index (χ1) is 16.7. The number of hydrogen-bond acceptors (Lipinski definition) is 2. The maximum Gasteiger partial charge on any atom is 0.303 e. The quantitative estimate of drug-likeness (QED) is 0.253. The first kappa shape index (κ1) is 22.2. The highest BCUT2D eigenvalue weighted by atomic mass is 32.1. The molecule has 0 aliphatic rings. The van der Waals surface area contributed by atoms with E-state index in [-0.39, 0.29) is 6.42 Å². The zero-order valence-electron chi connectivity index (χ0n) is 19.0. The number of benzene rings is 3. The predicted octanol–water partition coefficient (Wildman–Crippen LogP) is 7.09. The Morgan fingerprint density at radius 1 is 0.765 bits per heavy atom. The lowest BCUT2D eigenvalue weighted by molar-refractivity contribution is -0.136. The van der Waals surface area contributed by atoms with Crippen molar-refractivity contribution in [3.8, 4) is 5.00 Å². The van der Waals surface area contributed by atoms with Gasteiger partial charge in [0.05, 0.1) is 10.5 Å². The lowest BCUT2D eigenvalue weighted by Crippen LogP contribution is -1.97. The van der Waals surface area contributed by atoms with Crippen LogP contribution < -0.4 is 0 Å². The van der Waals surface area contributed by atoms with Crippen LogP contribution in [0, 0.1) is 0 Å². The Bertz CT molecular complexity index is 1400. The van der Waals surface area contributed by atoms with E-state index in [9.17, 15) is 4.79 Å². The van der Waals surface area contributed by atoms with Crippen molar-refractivity contribution in [1.29, 1.82) is 0 Å². The number of nitrogens with zero attached hydrogens (tertiary/aromatic N) is 1. The van der Waals surface area contributed by atoms with Crippen LogP contribution in [0.4, 0.5) is 0 Å². The van der Waals surface area contributed by atoms with Gasteiger partial charge < -0.3 is 9.67 Å². The molecule has 0 aliphatic carbocycles. The molecule has 0 saturated heterocycles. The third kappa shape index (κ3) is 5.13. The van der Waals surface area contributed by atoms with Gasteiger partial charge in [-0.2, -0.15) is 0 Å². The Hall–Kier alpha value is -3.63. The summed E-state index contributed by atoms with van der Waals surface area (Å²) in [7, 11) is 0. The monoisotopic (exact) mass is 465 g/mol. The highest BCUT2D eigenvalue weighted by molar-refractivity contribution is 7.12. The van der Waals surface area contributed by atoms with Crippen molar-refractivity contribution >= 4 is 28.2 Å². The van der Waals surface area contributed by atoms with Crippen molar-refractivity contribution in [2.75, 3.05) is 0 Å². The van der Waals surface area contributed by atoms with E-state index in [0.29, 0.717) is 6.42 Å². The molecule has 0 unspecified atom stereocenters. The van der Waals surface area contributed by atoms with Crippen LogP contribution in [0.3, 0.4) is 0 Å². The second-order valence-corrected chi connectivity index (χ2v) is 9.60. The van der Waals surface area contributed by atoms with Gasteiger partial charge in [-0.1, -0.05) is 66.7 Å². The van der Waals surface area contributed by atoms with Crippen molar-refractivity contribution in [3.05, 3.63) is 124 Å². The first-order valence-corrected chi connectivity index (χ1v) is 12.5. The lowest BCUT2D eigenvalue weighted by atomic mass is 10.0. The van der Waals surface area contributed by atoms with Crippen molar-refractivity contribution in [1.82, 2.24) is 4.57 Å². The third-order valence-electron chi connectivity index (χ3n) is 6.23. The minimum absolute atomic E-state index is 0.152. The van der Waals surface area contributed by atoms with Crippen molar-refractivity contribution < 1.29 is 9.90 Å². The van der Waals surface area contributed by atoms with E-state index in [1.54, 1.807) is 11.3 Å². The Labute approximate surface area is 203 Å². The van der Waals surface area contributed by atoms with E-state index in [2.05, 4.69) is 95.0 Å². The molecule has 3 nitrogen and oxygen atoms in total. The number of fused-ring (bicyclic) bond motifs is 1. The maximum atomic E-state index is 11.1. The zero-order chi connectivity index (χ0) is 23.3. The summed E-state index contributed by atoms with van der Waals surface area (Å²) in [6.45, 7) is 0. The fourth-order valence-electron chi connectivity index (χ4n) is 4.47. The maximum absolute atomic E-state index is 11.1. The number of aromatic nitrogens is 1. The average molecular weight is 466 g/mol. The van der Waals surface area contributed by atoms with Crippen molar-refractivity contribution in [2.45, 2.75) is 32.1 Å². The molecule has 170 valence electrons. The Morgan fingerprint density at radius 3 is 2.24 bits per heavy atom. The number of carboxylic acid groups (broad SMARTS) is 1. The lowest BCUT2D eigenvalue weighted by Gasteiger charge is -2.04. The minimum atomic E-state index is -0.758. The largest absolute Gasteiger partial charge is 0.481 e. The minimum Gasteiger partial charge on any atom is -0.481 e. The molecule has 0 radical (unpaired) electrons. The summed E-state index contributed by atoms with van der Waals surface area (Å²) in [4.78, 5) is 11.1. The molecule has 0 atom stereocenters. The molecule has 5 aromatic rings. The van der Waals surface area contributed by atoms with Crippen LogP contribution in [0.25, 0.3) is 15.9 Å². The molecule has 3 aromatic carbocycles. The van der Waals surface area contributed by atoms with Crippen LogP contribution in [0.2, 0.25) is 0 Å². The van der Waals surface area contributed by atoms with Crippen LogP contribution in [-0.4, -0.2) is 15.6 Å². The second kappa shape index (κ2) is 10.1. The van der Waals surface area contributed by atoms with Crippen LogP contribution in [-0.2, 0) is 30.5 Å². The fourth-order valence-corrected chi connectivity index (χ4v) is 5.38. The molecule has 0 fully saturated rings. The molecule has 4 heteroatoms. The van der Waals surface area contributed by atoms with Crippen LogP contribution in [0.15, 0.2) is 96.5 Å². The van der Waals surface area contributed by atoms with Crippen LogP contribution in [0.5, 0.6) is 0 Å². The van der Waals surface area contributed by atoms with E-state index in [1.165, 1.54) is 38.2 Å². The molecule has 0 spiro atoms. The Balaban J connectivity index is 1.47. The summed E-state index contributed by atoms with van der Waals surface area (Å²) < 4.78 is 2.30. The molecule has 1 N–H and O–H groups in total. The van der Waals surface area contributed by atoms with Gasteiger partial charge >= 0.3 is 5.97 Å². The first-order valence-electron chi connectivity index (χ1n) is 11.7. The highest BCUT2D eigenvalue weighted by Gasteiger charge is 2.13. The van der Waals surface area contributed by atoms with Gasteiger partial charge in [0, 0.05) is 18.0 Å². The van der Waals surface area contributed by atoms with E-state index < -0.39 is 5.97 Å². The second-order valence-electron chi connectivity index (χ2n) is 8.71. The smallest absolute Gasteiger partial charge is 0.303 e. The molecule has 0 bridgehead atoms. The van der Waals surface area contributed by atoms with Crippen LogP contribution in [0.1, 0.15) is 34.2 Å². The molecular weight excluding hydrogens is 438 g/mol. The van der Waals surface area contributed by atoms with Gasteiger partial charge in [-0.25, -0.2) is 0 Å². The van der Waals surface area contributed by atoms with Gasteiger partial charge in [-0.3, -0.25) is 4.79 Å². The molecule has 2 heterocycles. The number of aryl methyl sites for hydroxylation is 3. The standard InChI is InChI=1S/C30H27NO2S/c32-30(33)16-13-24-12-15-28-27(18-24)26(14-11-22-7-3-1-4-8-22)20-31(28)29-19-25(21-34-29)17-23-9-5-2-6-10-23/h1-10,12,15,18-21H,11,13-14,16-17H2,(H,32,33). The molecule has 5 rings (SSSR count). The normalized spacial score (nSPS) is 11.2. The van der Waals surface area contributed by atoms with E-state index in [0.717, 1.165) is 24.8 Å². The van der Waals surface area contributed by atoms with Gasteiger partial charge in [0.2, 0.25) is 0 Å². The molecule has 0 amide bonds.